The number of piperidine rings is 1. The number of halogens is 1. The standard InChI is InChI=1S/C25H36FN3O5/c1-25(2,3)34-24(31)27-18-11-19-17-10-22(33-5)21(32-4)9-16(17)6-7-28(19)14-20(18)29-13-15(12-26)8-23(29)30/h9-10,15,18-20H,6-8,11-14H2,1-5H3,(H,27,31)/t15-,18?,19?,20?/m0/s1. The van der Waals surface area contributed by atoms with E-state index in [9.17, 15) is 14.0 Å². The predicted octanol–water partition coefficient (Wildman–Crippen LogP) is 3.09. The Bertz CT molecular complexity index is 934. The molecule has 0 saturated carbocycles. The first kappa shape index (κ1) is 24.6. The molecule has 2 saturated heterocycles. The summed E-state index contributed by atoms with van der Waals surface area (Å²) in [6.07, 6.45) is 1.17. The minimum atomic E-state index is -0.634. The average molecular weight is 478 g/mol. The summed E-state index contributed by atoms with van der Waals surface area (Å²) < 4.78 is 29.9. The Balaban J connectivity index is 1.63. The molecule has 1 aromatic carbocycles. The van der Waals surface area contributed by atoms with E-state index in [1.54, 1.807) is 19.1 Å². The van der Waals surface area contributed by atoms with E-state index in [2.05, 4.69) is 10.2 Å². The van der Waals surface area contributed by atoms with Crippen molar-refractivity contribution in [2.45, 2.75) is 63.8 Å². The summed E-state index contributed by atoms with van der Waals surface area (Å²) in [5.74, 6) is 1.03. The summed E-state index contributed by atoms with van der Waals surface area (Å²) in [5.41, 5.74) is 1.71. The number of amides is 2. The van der Waals surface area contributed by atoms with Gasteiger partial charge in [0, 0.05) is 38.0 Å². The van der Waals surface area contributed by atoms with Gasteiger partial charge in [0.25, 0.3) is 0 Å². The van der Waals surface area contributed by atoms with Crippen LogP contribution in [0, 0.1) is 5.92 Å². The van der Waals surface area contributed by atoms with Gasteiger partial charge in [-0.2, -0.15) is 0 Å². The van der Waals surface area contributed by atoms with Gasteiger partial charge in [-0.05, 0) is 56.9 Å². The zero-order chi connectivity index (χ0) is 24.6. The van der Waals surface area contributed by atoms with Crippen molar-refractivity contribution < 1.29 is 28.2 Å². The number of hydrogen-bond acceptors (Lipinski definition) is 6. The Morgan fingerprint density at radius 3 is 2.50 bits per heavy atom. The number of alkyl carbamates (subject to hydrolysis) is 1. The maximum Gasteiger partial charge on any atom is 0.407 e. The molecule has 0 aromatic heterocycles. The Morgan fingerprint density at radius 1 is 1.18 bits per heavy atom. The number of alkyl halides is 1. The summed E-state index contributed by atoms with van der Waals surface area (Å²) in [7, 11) is 3.25. The van der Waals surface area contributed by atoms with Gasteiger partial charge in [0.05, 0.1) is 33.0 Å². The van der Waals surface area contributed by atoms with Crippen LogP contribution in [0.15, 0.2) is 12.1 Å². The molecule has 3 aliphatic heterocycles. The van der Waals surface area contributed by atoms with Crippen molar-refractivity contribution in [3.05, 3.63) is 23.3 Å². The summed E-state index contributed by atoms with van der Waals surface area (Å²) in [4.78, 5) is 29.6. The number of methoxy groups -OCH3 is 2. The van der Waals surface area contributed by atoms with Crippen LogP contribution >= 0.6 is 0 Å². The minimum Gasteiger partial charge on any atom is -0.493 e. The lowest BCUT2D eigenvalue weighted by atomic mass is 9.82. The number of benzene rings is 1. The average Bonchev–Trinajstić information content (AvgIpc) is 3.16. The molecule has 3 heterocycles. The third-order valence-electron chi connectivity index (χ3n) is 7.04. The molecule has 1 N–H and O–H groups in total. The summed E-state index contributed by atoms with van der Waals surface area (Å²) in [6, 6.07) is 3.54. The van der Waals surface area contributed by atoms with Gasteiger partial charge in [0.2, 0.25) is 5.91 Å². The fourth-order valence-electron chi connectivity index (χ4n) is 5.50. The fraction of sp³-hybridized carbons (Fsp3) is 0.680. The van der Waals surface area contributed by atoms with Crippen molar-refractivity contribution in [2.75, 3.05) is 40.5 Å². The van der Waals surface area contributed by atoms with Crippen molar-refractivity contribution in [1.82, 2.24) is 15.1 Å². The van der Waals surface area contributed by atoms with Gasteiger partial charge in [0.1, 0.15) is 5.60 Å². The Morgan fingerprint density at radius 2 is 1.88 bits per heavy atom. The van der Waals surface area contributed by atoms with Gasteiger partial charge in [-0.15, -0.1) is 0 Å². The number of nitrogens with one attached hydrogen (secondary N) is 1. The molecule has 4 rings (SSSR count). The van der Waals surface area contributed by atoms with Crippen LogP contribution in [0.5, 0.6) is 11.5 Å². The number of hydrogen-bond donors (Lipinski definition) is 1. The molecule has 3 unspecified atom stereocenters. The molecule has 1 aromatic rings. The summed E-state index contributed by atoms with van der Waals surface area (Å²) in [6.45, 7) is 6.76. The smallest absolute Gasteiger partial charge is 0.407 e. The largest absolute Gasteiger partial charge is 0.493 e. The van der Waals surface area contributed by atoms with Gasteiger partial charge in [0.15, 0.2) is 11.5 Å². The van der Waals surface area contributed by atoms with Crippen molar-refractivity contribution in [3.8, 4) is 11.5 Å². The van der Waals surface area contributed by atoms with E-state index in [1.807, 2.05) is 32.9 Å². The third kappa shape index (κ3) is 4.94. The highest BCUT2D eigenvalue weighted by Gasteiger charge is 2.46. The number of carbonyl (C=O) groups is 2. The van der Waals surface area contributed by atoms with E-state index < -0.39 is 18.4 Å². The molecule has 0 bridgehead atoms. The SMILES string of the molecule is COc1cc2c(cc1OC)C1CC(NC(=O)OC(C)(C)C)C(N3C[C@H](CF)CC3=O)CN1CC2. The van der Waals surface area contributed by atoms with Crippen molar-refractivity contribution in [2.24, 2.45) is 5.92 Å². The zero-order valence-electron chi connectivity index (χ0n) is 20.7. The first-order valence-electron chi connectivity index (χ1n) is 12.0. The van der Waals surface area contributed by atoms with Crippen molar-refractivity contribution >= 4 is 12.0 Å². The van der Waals surface area contributed by atoms with Crippen LogP contribution in [-0.2, 0) is 16.0 Å². The fourth-order valence-corrected chi connectivity index (χ4v) is 5.50. The molecule has 0 radical (unpaired) electrons. The van der Waals surface area contributed by atoms with Crippen LogP contribution in [0.2, 0.25) is 0 Å². The molecular formula is C25H36FN3O5. The number of rotatable bonds is 5. The topological polar surface area (TPSA) is 80.3 Å². The highest BCUT2D eigenvalue weighted by Crippen LogP contribution is 2.43. The Kier molecular flexibility index (Phi) is 6.94. The van der Waals surface area contributed by atoms with Gasteiger partial charge in [-0.3, -0.25) is 14.1 Å². The van der Waals surface area contributed by atoms with Gasteiger partial charge < -0.3 is 24.4 Å². The number of fused-ring (bicyclic) bond motifs is 3. The van der Waals surface area contributed by atoms with Gasteiger partial charge in [-0.25, -0.2) is 4.79 Å². The molecule has 4 atom stereocenters. The van der Waals surface area contributed by atoms with Crippen molar-refractivity contribution in [3.63, 3.8) is 0 Å². The highest BCUT2D eigenvalue weighted by atomic mass is 19.1. The maximum atomic E-state index is 13.4. The number of ether oxygens (including phenoxy) is 3. The first-order chi connectivity index (χ1) is 16.1. The lowest BCUT2D eigenvalue weighted by Crippen LogP contribution is -2.62. The summed E-state index contributed by atoms with van der Waals surface area (Å²) in [5, 5.41) is 3.04. The molecule has 3 aliphatic rings. The van der Waals surface area contributed by atoms with Crippen LogP contribution < -0.4 is 14.8 Å². The van der Waals surface area contributed by atoms with E-state index in [1.165, 1.54) is 5.56 Å². The molecule has 34 heavy (non-hydrogen) atoms. The maximum absolute atomic E-state index is 13.4. The molecule has 188 valence electrons. The van der Waals surface area contributed by atoms with Crippen LogP contribution in [0.4, 0.5) is 9.18 Å². The van der Waals surface area contributed by atoms with Crippen LogP contribution in [0.25, 0.3) is 0 Å². The predicted molar refractivity (Wildman–Crippen MR) is 125 cm³/mol. The van der Waals surface area contributed by atoms with E-state index in [4.69, 9.17) is 14.2 Å². The van der Waals surface area contributed by atoms with Crippen LogP contribution in [0.1, 0.15) is 50.8 Å². The van der Waals surface area contributed by atoms with E-state index >= 15 is 0 Å². The van der Waals surface area contributed by atoms with E-state index in [0.29, 0.717) is 31.0 Å². The van der Waals surface area contributed by atoms with Gasteiger partial charge in [-0.1, -0.05) is 0 Å². The second-order valence-electron chi connectivity index (χ2n) is 10.5. The van der Waals surface area contributed by atoms with Crippen molar-refractivity contribution in [1.29, 1.82) is 0 Å². The summed E-state index contributed by atoms with van der Waals surface area (Å²) >= 11 is 0. The number of carbonyl (C=O) groups excluding carboxylic acids is 2. The molecule has 8 nitrogen and oxygen atoms in total. The molecule has 0 spiro atoms. The molecule has 9 heteroatoms. The number of nitrogens with zero attached hydrogens (tertiary/aromatic N) is 2. The second kappa shape index (κ2) is 9.60. The zero-order valence-corrected chi connectivity index (χ0v) is 20.7. The van der Waals surface area contributed by atoms with E-state index in [0.717, 1.165) is 18.5 Å². The molecule has 0 aliphatic carbocycles. The first-order valence-corrected chi connectivity index (χ1v) is 12.0. The molecule has 2 amide bonds. The Hall–Kier alpha value is -2.55. The van der Waals surface area contributed by atoms with E-state index in [-0.39, 0.29) is 36.4 Å². The van der Waals surface area contributed by atoms with Crippen LogP contribution in [0.3, 0.4) is 0 Å². The Labute approximate surface area is 200 Å². The highest BCUT2D eigenvalue weighted by molar-refractivity contribution is 5.79. The quantitative estimate of drug-likeness (QED) is 0.702. The van der Waals surface area contributed by atoms with Crippen LogP contribution in [-0.4, -0.2) is 80.0 Å². The molecule has 2 fully saturated rings. The number of likely N-dealkylation sites (tertiary alicyclic amines) is 1. The third-order valence-corrected chi connectivity index (χ3v) is 7.04. The lowest BCUT2D eigenvalue weighted by Gasteiger charge is -2.49. The normalized spacial score (nSPS) is 27.1. The minimum absolute atomic E-state index is 0.0501. The lowest BCUT2D eigenvalue weighted by molar-refractivity contribution is -0.132. The monoisotopic (exact) mass is 477 g/mol. The molecular weight excluding hydrogens is 441 g/mol. The van der Waals surface area contributed by atoms with Gasteiger partial charge >= 0.3 is 6.09 Å². The second-order valence-corrected chi connectivity index (χ2v) is 10.5.